The minimum absolute atomic E-state index is 0.0665. The van der Waals surface area contributed by atoms with E-state index in [4.69, 9.17) is 5.73 Å². The van der Waals surface area contributed by atoms with Crippen LogP contribution in [0.25, 0.3) is 0 Å². The smallest absolute Gasteiger partial charge is 0.240 e. The summed E-state index contributed by atoms with van der Waals surface area (Å²) in [4.78, 5) is 14.6. The van der Waals surface area contributed by atoms with E-state index in [1.807, 2.05) is 0 Å². The van der Waals surface area contributed by atoms with Crippen LogP contribution >= 0.6 is 0 Å². The third kappa shape index (κ3) is 3.11. The molecule has 2 rings (SSSR count). The average molecular weight is 267 g/mol. The van der Waals surface area contributed by atoms with Crippen LogP contribution < -0.4 is 11.1 Å². The summed E-state index contributed by atoms with van der Waals surface area (Å²) in [5.41, 5.74) is 5.76. The lowest BCUT2D eigenvalue weighted by Crippen LogP contribution is -2.58. The lowest BCUT2D eigenvalue weighted by molar-refractivity contribution is -0.126. The van der Waals surface area contributed by atoms with Crippen molar-refractivity contribution < 1.29 is 4.79 Å². The molecule has 1 amide bonds. The van der Waals surface area contributed by atoms with E-state index in [-0.39, 0.29) is 11.4 Å². The Kier molecular flexibility index (Phi) is 4.51. The average Bonchev–Trinajstić information content (AvgIpc) is 2.85. The molecule has 0 bridgehead atoms. The quantitative estimate of drug-likeness (QED) is 0.814. The van der Waals surface area contributed by atoms with Crippen LogP contribution in [0.15, 0.2) is 0 Å². The first-order valence-electron chi connectivity index (χ1n) is 7.73. The van der Waals surface area contributed by atoms with Gasteiger partial charge in [-0.2, -0.15) is 0 Å². The third-order valence-corrected chi connectivity index (χ3v) is 5.26. The van der Waals surface area contributed by atoms with E-state index < -0.39 is 5.54 Å². The Bertz CT molecular complexity index is 315. The van der Waals surface area contributed by atoms with Gasteiger partial charge in [0.25, 0.3) is 0 Å². The number of nitrogens with zero attached hydrogens (tertiary/aromatic N) is 1. The summed E-state index contributed by atoms with van der Waals surface area (Å²) in [5, 5.41) is 3.15. The molecule has 0 saturated heterocycles. The highest BCUT2D eigenvalue weighted by Crippen LogP contribution is 2.32. The zero-order chi connectivity index (χ0) is 13.9. The maximum absolute atomic E-state index is 12.3. The second-order valence-corrected chi connectivity index (χ2v) is 6.73. The number of nitrogens with two attached hydrogens (primary N) is 1. The molecule has 0 aliphatic heterocycles. The number of hydrogen-bond donors (Lipinski definition) is 2. The fourth-order valence-corrected chi connectivity index (χ4v) is 3.65. The van der Waals surface area contributed by atoms with Crippen molar-refractivity contribution in [1.82, 2.24) is 10.2 Å². The van der Waals surface area contributed by atoms with Crippen LogP contribution in [0.2, 0.25) is 0 Å². The molecule has 2 saturated carbocycles. The van der Waals surface area contributed by atoms with Crippen molar-refractivity contribution in [2.45, 2.75) is 68.9 Å². The van der Waals surface area contributed by atoms with E-state index in [1.165, 1.54) is 32.1 Å². The van der Waals surface area contributed by atoms with Crippen molar-refractivity contribution in [2.75, 3.05) is 20.6 Å². The predicted molar refractivity (Wildman–Crippen MR) is 77.9 cm³/mol. The fraction of sp³-hybridized carbons (Fsp3) is 0.933. The number of amides is 1. The molecule has 0 aromatic rings. The van der Waals surface area contributed by atoms with Crippen LogP contribution in [0.1, 0.15) is 57.8 Å². The monoisotopic (exact) mass is 267 g/mol. The molecular weight excluding hydrogens is 238 g/mol. The fourth-order valence-electron chi connectivity index (χ4n) is 3.65. The van der Waals surface area contributed by atoms with Crippen LogP contribution in [0.4, 0.5) is 0 Å². The van der Waals surface area contributed by atoms with Gasteiger partial charge in [-0.1, -0.05) is 32.1 Å². The van der Waals surface area contributed by atoms with Gasteiger partial charge in [0, 0.05) is 12.1 Å². The van der Waals surface area contributed by atoms with Crippen LogP contribution in [0.3, 0.4) is 0 Å². The number of hydrogen-bond acceptors (Lipinski definition) is 3. The maximum atomic E-state index is 12.3. The lowest BCUT2D eigenvalue weighted by atomic mass is 9.80. The molecule has 0 radical (unpaired) electrons. The van der Waals surface area contributed by atoms with Crippen molar-refractivity contribution in [3.05, 3.63) is 0 Å². The van der Waals surface area contributed by atoms with Gasteiger partial charge in [-0.3, -0.25) is 4.79 Å². The van der Waals surface area contributed by atoms with E-state index in [0.29, 0.717) is 0 Å². The number of nitrogens with one attached hydrogen (secondary N) is 1. The highest BCUT2D eigenvalue weighted by Gasteiger charge is 2.39. The summed E-state index contributed by atoms with van der Waals surface area (Å²) in [6.07, 6.45) is 10.1. The molecule has 3 N–H and O–H groups in total. The van der Waals surface area contributed by atoms with Crippen molar-refractivity contribution in [3.8, 4) is 0 Å². The second-order valence-electron chi connectivity index (χ2n) is 6.73. The lowest BCUT2D eigenvalue weighted by Gasteiger charge is -2.43. The first-order valence-corrected chi connectivity index (χ1v) is 7.73. The van der Waals surface area contributed by atoms with Gasteiger partial charge in [-0.05, 0) is 39.8 Å². The molecule has 0 aromatic carbocycles. The Balaban J connectivity index is 1.93. The topological polar surface area (TPSA) is 58.4 Å². The van der Waals surface area contributed by atoms with Gasteiger partial charge in [-0.15, -0.1) is 0 Å². The Morgan fingerprint density at radius 1 is 1.05 bits per heavy atom. The standard InChI is InChI=1S/C15H29N3O/c1-18(2)14(8-4-3-5-9-14)12-17-13(19)15(16)10-6-7-11-15/h3-12,16H2,1-2H3,(H,17,19). The van der Waals surface area contributed by atoms with Gasteiger partial charge in [-0.25, -0.2) is 0 Å². The maximum Gasteiger partial charge on any atom is 0.240 e. The summed E-state index contributed by atoms with van der Waals surface area (Å²) < 4.78 is 0. The SMILES string of the molecule is CN(C)C1(CNC(=O)C2(N)CCCC2)CCCCC1. The molecule has 19 heavy (non-hydrogen) atoms. The number of carbonyl (C=O) groups is 1. The van der Waals surface area contributed by atoms with Gasteiger partial charge in [0.05, 0.1) is 5.54 Å². The Morgan fingerprint density at radius 3 is 2.11 bits per heavy atom. The number of likely N-dealkylation sites (N-methyl/N-ethyl adjacent to an activating group) is 1. The van der Waals surface area contributed by atoms with Crippen molar-refractivity contribution >= 4 is 5.91 Å². The molecule has 0 unspecified atom stereocenters. The van der Waals surface area contributed by atoms with E-state index in [2.05, 4.69) is 24.3 Å². The van der Waals surface area contributed by atoms with Crippen LogP contribution in [0, 0.1) is 0 Å². The molecular formula is C15H29N3O. The molecule has 0 atom stereocenters. The van der Waals surface area contributed by atoms with E-state index in [1.54, 1.807) is 0 Å². The van der Waals surface area contributed by atoms with E-state index in [0.717, 1.165) is 32.2 Å². The third-order valence-electron chi connectivity index (χ3n) is 5.26. The molecule has 110 valence electrons. The van der Waals surface area contributed by atoms with Crippen molar-refractivity contribution in [1.29, 1.82) is 0 Å². The van der Waals surface area contributed by atoms with Gasteiger partial charge >= 0.3 is 0 Å². The Morgan fingerprint density at radius 2 is 1.58 bits per heavy atom. The molecule has 0 spiro atoms. The van der Waals surface area contributed by atoms with E-state index >= 15 is 0 Å². The van der Waals surface area contributed by atoms with Crippen molar-refractivity contribution in [3.63, 3.8) is 0 Å². The normalized spacial score (nSPS) is 25.5. The highest BCUT2D eigenvalue weighted by molar-refractivity contribution is 5.86. The summed E-state index contributed by atoms with van der Waals surface area (Å²) >= 11 is 0. The molecule has 2 fully saturated rings. The zero-order valence-corrected chi connectivity index (χ0v) is 12.5. The summed E-state index contributed by atoms with van der Waals surface area (Å²) in [5.74, 6) is 0.0665. The first-order chi connectivity index (χ1) is 8.99. The molecule has 2 aliphatic carbocycles. The van der Waals surface area contributed by atoms with Gasteiger partial charge in [0.2, 0.25) is 5.91 Å². The van der Waals surface area contributed by atoms with Gasteiger partial charge in [0.1, 0.15) is 0 Å². The Hall–Kier alpha value is -0.610. The largest absolute Gasteiger partial charge is 0.353 e. The zero-order valence-electron chi connectivity index (χ0n) is 12.5. The number of rotatable bonds is 4. The Labute approximate surface area is 117 Å². The summed E-state index contributed by atoms with van der Waals surface area (Å²) in [7, 11) is 4.26. The second kappa shape index (κ2) is 5.80. The number of carbonyl (C=O) groups excluding carboxylic acids is 1. The minimum Gasteiger partial charge on any atom is -0.353 e. The molecule has 4 heteroatoms. The molecule has 0 heterocycles. The van der Waals surface area contributed by atoms with Gasteiger partial charge in [0.15, 0.2) is 0 Å². The first kappa shape index (κ1) is 14.8. The van der Waals surface area contributed by atoms with Crippen LogP contribution in [-0.2, 0) is 4.79 Å². The highest BCUT2D eigenvalue weighted by atomic mass is 16.2. The summed E-state index contributed by atoms with van der Waals surface area (Å²) in [6.45, 7) is 0.748. The van der Waals surface area contributed by atoms with Crippen molar-refractivity contribution in [2.24, 2.45) is 5.73 Å². The summed E-state index contributed by atoms with van der Waals surface area (Å²) in [6, 6.07) is 0. The molecule has 4 nitrogen and oxygen atoms in total. The molecule has 0 aromatic heterocycles. The predicted octanol–water partition coefficient (Wildman–Crippen LogP) is 1.64. The minimum atomic E-state index is -0.595. The van der Waals surface area contributed by atoms with Crippen LogP contribution in [0.5, 0.6) is 0 Å². The molecule has 2 aliphatic rings. The van der Waals surface area contributed by atoms with Crippen LogP contribution in [-0.4, -0.2) is 42.5 Å². The van der Waals surface area contributed by atoms with E-state index in [9.17, 15) is 4.79 Å². The van der Waals surface area contributed by atoms with Gasteiger partial charge < -0.3 is 16.0 Å².